The number of carbonyl (C=O) groups is 2. The Labute approximate surface area is 181 Å². The number of nitrogens with zero attached hydrogens (tertiary/aromatic N) is 3. The van der Waals surface area contributed by atoms with Gasteiger partial charge in [-0.3, -0.25) is 14.5 Å². The van der Waals surface area contributed by atoms with Gasteiger partial charge in [0.25, 0.3) is 0 Å². The third-order valence-electron chi connectivity index (χ3n) is 5.16. The number of halogens is 2. The fourth-order valence-corrected chi connectivity index (χ4v) is 5.10. The SMILES string of the molecule is CC(C)CC(=O)N1CCN(CCN2C(=O)CSC2c2ccc(Cl)c(Cl)c2)CC1. The third-order valence-corrected chi connectivity index (χ3v) is 7.16. The van der Waals surface area contributed by atoms with Crippen LogP contribution in [0.4, 0.5) is 0 Å². The van der Waals surface area contributed by atoms with E-state index in [4.69, 9.17) is 23.2 Å². The van der Waals surface area contributed by atoms with E-state index in [0.717, 1.165) is 38.3 Å². The van der Waals surface area contributed by atoms with Gasteiger partial charge in [-0.25, -0.2) is 0 Å². The molecule has 0 aliphatic carbocycles. The normalized spacial score (nSPS) is 21.0. The van der Waals surface area contributed by atoms with Crippen molar-refractivity contribution in [1.82, 2.24) is 14.7 Å². The lowest BCUT2D eigenvalue weighted by Crippen LogP contribution is -2.50. The second-order valence-corrected chi connectivity index (χ2v) is 9.63. The number of hydrogen-bond donors (Lipinski definition) is 0. The molecule has 1 unspecified atom stereocenters. The molecule has 0 radical (unpaired) electrons. The van der Waals surface area contributed by atoms with E-state index in [1.54, 1.807) is 17.8 Å². The van der Waals surface area contributed by atoms with E-state index in [2.05, 4.69) is 18.7 Å². The summed E-state index contributed by atoms with van der Waals surface area (Å²) in [5.74, 6) is 1.29. The fraction of sp³-hybridized carbons (Fsp3) is 0.600. The first-order chi connectivity index (χ1) is 13.3. The Balaban J connectivity index is 1.52. The highest BCUT2D eigenvalue weighted by Gasteiger charge is 2.33. The lowest BCUT2D eigenvalue weighted by atomic mass is 10.1. The molecule has 1 aromatic carbocycles. The van der Waals surface area contributed by atoms with E-state index in [1.807, 2.05) is 21.9 Å². The van der Waals surface area contributed by atoms with Crippen LogP contribution in [0.2, 0.25) is 10.0 Å². The lowest BCUT2D eigenvalue weighted by Gasteiger charge is -2.36. The van der Waals surface area contributed by atoms with Crippen molar-refractivity contribution < 1.29 is 9.59 Å². The molecule has 2 saturated heterocycles. The number of thioether (sulfide) groups is 1. The molecule has 2 fully saturated rings. The van der Waals surface area contributed by atoms with Crippen molar-refractivity contribution in [1.29, 1.82) is 0 Å². The quantitative estimate of drug-likeness (QED) is 0.671. The first-order valence-electron chi connectivity index (χ1n) is 9.71. The van der Waals surface area contributed by atoms with Crippen molar-refractivity contribution in [3.05, 3.63) is 33.8 Å². The molecule has 0 saturated carbocycles. The number of hydrogen-bond acceptors (Lipinski definition) is 4. The minimum Gasteiger partial charge on any atom is -0.340 e. The van der Waals surface area contributed by atoms with Gasteiger partial charge in [0.2, 0.25) is 11.8 Å². The maximum Gasteiger partial charge on any atom is 0.233 e. The van der Waals surface area contributed by atoms with Gasteiger partial charge >= 0.3 is 0 Å². The molecule has 3 rings (SSSR count). The molecule has 1 atom stereocenters. The summed E-state index contributed by atoms with van der Waals surface area (Å²) in [6.45, 7) is 8.89. The van der Waals surface area contributed by atoms with Gasteiger partial charge in [0, 0.05) is 45.7 Å². The Morgan fingerprint density at radius 2 is 1.86 bits per heavy atom. The van der Waals surface area contributed by atoms with Gasteiger partial charge in [0.15, 0.2) is 0 Å². The molecule has 1 aromatic rings. The molecular weight excluding hydrogens is 417 g/mol. The Morgan fingerprint density at radius 3 is 2.50 bits per heavy atom. The summed E-state index contributed by atoms with van der Waals surface area (Å²) in [6, 6.07) is 5.58. The standard InChI is InChI=1S/C20H27Cl2N3O2S/c1-14(2)11-18(26)24-8-5-23(6-9-24)7-10-25-19(27)13-28-20(25)15-3-4-16(21)17(22)12-15/h3-4,12,14,20H,5-11,13H2,1-2H3. The molecule has 0 N–H and O–H groups in total. The van der Waals surface area contributed by atoms with E-state index in [-0.39, 0.29) is 17.2 Å². The smallest absolute Gasteiger partial charge is 0.233 e. The highest BCUT2D eigenvalue weighted by Crippen LogP contribution is 2.40. The van der Waals surface area contributed by atoms with Crippen molar-refractivity contribution in [3.63, 3.8) is 0 Å². The van der Waals surface area contributed by atoms with Gasteiger partial charge in [-0.2, -0.15) is 0 Å². The summed E-state index contributed by atoms with van der Waals surface area (Å²) in [4.78, 5) is 30.8. The molecule has 8 heteroatoms. The van der Waals surface area contributed by atoms with Gasteiger partial charge < -0.3 is 9.80 Å². The molecule has 2 aliphatic heterocycles. The molecule has 2 aliphatic rings. The van der Waals surface area contributed by atoms with Crippen molar-refractivity contribution >= 4 is 46.8 Å². The summed E-state index contributed by atoms with van der Waals surface area (Å²) in [5, 5.41) is 1.02. The third kappa shape index (κ3) is 5.35. The minimum atomic E-state index is -0.0174. The highest BCUT2D eigenvalue weighted by atomic mass is 35.5. The molecule has 154 valence electrons. The van der Waals surface area contributed by atoms with Crippen LogP contribution in [0.15, 0.2) is 18.2 Å². The zero-order valence-electron chi connectivity index (χ0n) is 16.4. The largest absolute Gasteiger partial charge is 0.340 e. The topological polar surface area (TPSA) is 43.9 Å². The van der Waals surface area contributed by atoms with Gasteiger partial charge in [-0.1, -0.05) is 43.1 Å². The van der Waals surface area contributed by atoms with Crippen LogP contribution in [-0.2, 0) is 9.59 Å². The average molecular weight is 444 g/mol. The van der Waals surface area contributed by atoms with Gasteiger partial charge in [0.05, 0.1) is 15.8 Å². The van der Waals surface area contributed by atoms with Crippen molar-refractivity contribution in [2.75, 3.05) is 45.0 Å². The van der Waals surface area contributed by atoms with E-state index >= 15 is 0 Å². The predicted molar refractivity (Wildman–Crippen MR) is 116 cm³/mol. The van der Waals surface area contributed by atoms with Crippen molar-refractivity contribution in [2.24, 2.45) is 5.92 Å². The van der Waals surface area contributed by atoms with E-state index < -0.39 is 0 Å². The summed E-state index contributed by atoms with van der Waals surface area (Å²) in [6.07, 6.45) is 0.616. The van der Waals surface area contributed by atoms with Crippen molar-refractivity contribution in [3.8, 4) is 0 Å². The zero-order valence-corrected chi connectivity index (χ0v) is 18.7. The van der Waals surface area contributed by atoms with Crippen LogP contribution in [0.25, 0.3) is 0 Å². The van der Waals surface area contributed by atoms with Crippen LogP contribution in [-0.4, -0.2) is 71.5 Å². The number of benzene rings is 1. The van der Waals surface area contributed by atoms with E-state index in [1.165, 1.54) is 0 Å². The second kappa shape index (κ2) is 9.70. The van der Waals surface area contributed by atoms with Gasteiger partial charge in [0.1, 0.15) is 5.37 Å². The molecule has 0 spiro atoms. The van der Waals surface area contributed by atoms with Gasteiger partial charge in [-0.15, -0.1) is 11.8 Å². The molecule has 2 heterocycles. The summed E-state index contributed by atoms with van der Waals surface area (Å²) in [7, 11) is 0. The van der Waals surface area contributed by atoms with Gasteiger partial charge in [-0.05, 0) is 23.6 Å². The molecule has 28 heavy (non-hydrogen) atoms. The molecule has 5 nitrogen and oxygen atoms in total. The predicted octanol–water partition coefficient (Wildman–Crippen LogP) is 3.76. The van der Waals surface area contributed by atoms with Crippen LogP contribution in [0, 0.1) is 5.92 Å². The highest BCUT2D eigenvalue weighted by molar-refractivity contribution is 8.00. The first kappa shape index (κ1) is 21.8. The number of rotatable bonds is 6. The van der Waals surface area contributed by atoms with Crippen LogP contribution in [0.1, 0.15) is 31.2 Å². The number of carbonyl (C=O) groups excluding carboxylic acids is 2. The molecular formula is C20H27Cl2N3O2S. The Morgan fingerprint density at radius 1 is 1.14 bits per heavy atom. The van der Waals surface area contributed by atoms with Crippen LogP contribution in [0.3, 0.4) is 0 Å². The average Bonchev–Trinajstić information content (AvgIpc) is 3.02. The van der Waals surface area contributed by atoms with E-state index in [9.17, 15) is 9.59 Å². The number of amides is 2. The molecule has 0 aromatic heterocycles. The maximum absolute atomic E-state index is 12.4. The zero-order chi connectivity index (χ0) is 20.3. The van der Waals surface area contributed by atoms with E-state index in [0.29, 0.717) is 34.7 Å². The summed E-state index contributed by atoms with van der Waals surface area (Å²) in [5.41, 5.74) is 1.01. The maximum atomic E-state index is 12.4. The van der Waals surface area contributed by atoms with Crippen LogP contribution in [0.5, 0.6) is 0 Å². The first-order valence-corrected chi connectivity index (χ1v) is 11.5. The molecule has 0 bridgehead atoms. The monoisotopic (exact) mass is 443 g/mol. The lowest BCUT2D eigenvalue weighted by molar-refractivity contribution is -0.133. The second-order valence-electron chi connectivity index (χ2n) is 7.74. The van der Waals surface area contributed by atoms with Crippen LogP contribution < -0.4 is 0 Å². The Hall–Kier alpha value is -0.950. The van der Waals surface area contributed by atoms with Crippen LogP contribution >= 0.6 is 35.0 Å². The Bertz CT molecular complexity index is 723. The minimum absolute atomic E-state index is 0.0174. The fourth-order valence-electron chi connectivity index (χ4n) is 3.59. The number of piperazine rings is 1. The summed E-state index contributed by atoms with van der Waals surface area (Å²) >= 11 is 13.8. The Kier molecular flexibility index (Phi) is 7.54. The van der Waals surface area contributed by atoms with Crippen molar-refractivity contribution in [2.45, 2.75) is 25.6 Å². The molecule has 2 amide bonds. The summed E-state index contributed by atoms with van der Waals surface area (Å²) < 4.78 is 0.